The normalized spacial score (nSPS) is 10.5. The van der Waals surface area contributed by atoms with E-state index in [2.05, 4.69) is 15.4 Å². The van der Waals surface area contributed by atoms with Gasteiger partial charge < -0.3 is 5.32 Å². The Bertz CT molecular complexity index is 932. The number of carbonyl (C=O) groups is 1. The van der Waals surface area contributed by atoms with E-state index in [-0.39, 0.29) is 17.3 Å². The molecule has 0 saturated heterocycles. The van der Waals surface area contributed by atoms with Crippen molar-refractivity contribution in [3.63, 3.8) is 0 Å². The number of nitrogens with zero attached hydrogens (tertiary/aromatic N) is 4. The summed E-state index contributed by atoms with van der Waals surface area (Å²) in [7, 11) is 0. The van der Waals surface area contributed by atoms with Crippen molar-refractivity contribution in [3.05, 3.63) is 70.3 Å². The first kappa shape index (κ1) is 17.9. The largest absolute Gasteiger partial charge is 0.323 e. The van der Waals surface area contributed by atoms with E-state index in [0.717, 1.165) is 4.90 Å². The Balaban J connectivity index is 1.67. The van der Waals surface area contributed by atoms with E-state index in [4.69, 9.17) is 11.6 Å². The minimum atomic E-state index is -0.466. The first-order chi connectivity index (χ1) is 12.5. The third-order valence-corrected chi connectivity index (χ3v) is 4.56. The highest BCUT2D eigenvalue weighted by Crippen LogP contribution is 2.25. The number of nitrogens with one attached hydrogen (secondary N) is 1. The summed E-state index contributed by atoms with van der Waals surface area (Å²) in [6.45, 7) is 0. The lowest BCUT2D eigenvalue weighted by molar-refractivity contribution is -0.384. The summed E-state index contributed by atoms with van der Waals surface area (Å²) in [6, 6.07) is 11.1. The minimum Gasteiger partial charge on any atom is -0.323 e. The van der Waals surface area contributed by atoms with Gasteiger partial charge in [-0.05, 0) is 30.3 Å². The number of aromatic nitrogens is 3. The number of hydrogen-bond acceptors (Lipinski definition) is 6. The third kappa shape index (κ3) is 4.38. The van der Waals surface area contributed by atoms with Crippen LogP contribution in [0.2, 0.25) is 5.02 Å². The van der Waals surface area contributed by atoms with E-state index in [1.807, 2.05) is 0 Å². The SMILES string of the molecule is O=C(CSc1ccc([N+](=O)[O-])cc1)Nc1cc(Cl)ccc1-n1cncn1. The van der Waals surface area contributed by atoms with Crippen molar-refractivity contribution in [2.45, 2.75) is 4.90 Å². The molecule has 0 unspecified atom stereocenters. The molecule has 8 nitrogen and oxygen atoms in total. The number of nitro groups is 1. The summed E-state index contributed by atoms with van der Waals surface area (Å²) in [6.07, 6.45) is 2.91. The van der Waals surface area contributed by atoms with Crippen molar-refractivity contribution in [1.82, 2.24) is 14.8 Å². The Kier molecular flexibility index (Phi) is 5.49. The molecule has 0 bridgehead atoms. The summed E-state index contributed by atoms with van der Waals surface area (Å²) in [4.78, 5) is 27.1. The Labute approximate surface area is 157 Å². The maximum Gasteiger partial charge on any atom is 0.269 e. The highest BCUT2D eigenvalue weighted by atomic mass is 35.5. The molecule has 132 valence electrons. The van der Waals surface area contributed by atoms with Crippen LogP contribution in [0, 0.1) is 10.1 Å². The van der Waals surface area contributed by atoms with Gasteiger partial charge in [-0.1, -0.05) is 11.6 Å². The van der Waals surface area contributed by atoms with E-state index in [1.165, 1.54) is 41.2 Å². The maximum atomic E-state index is 12.3. The topological polar surface area (TPSA) is 103 Å². The molecule has 0 fully saturated rings. The molecule has 2 aromatic carbocycles. The number of non-ortho nitro benzene ring substituents is 1. The highest BCUT2D eigenvalue weighted by molar-refractivity contribution is 8.00. The van der Waals surface area contributed by atoms with Gasteiger partial charge in [-0.25, -0.2) is 9.67 Å². The average Bonchev–Trinajstić information content (AvgIpc) is 3.15. The number of benzene rings is 2. The van der Waals surface area contributed by atoms with Crippen molar-refractivity contribution >= 4 is 40.6 Å². The van der Waals surface area contributed by atoms with Crippen LogP contribution in [0.3, 0.4) is 0 Å². The molecule has 1 heterocycles. The van der Waals surface area contributed by atoms with Gasteiger partial charge in [0.1, 0.15) is 12.7 Å². The molecular formula is C16H12ClN5O3S. The fraction of sp³-hybridized carbons (Fsp3) is 0.0625. The zero-order valence-corrected chi connectivity index (χ0v) is 14.8. The number of thioether (sulfide) groups is 1. The fourth-order valence-electron chi connectivity index (χ4n) is 2.14. The quantitative estimate of drug-likeness (QED) is 0.393. The van der Waals surface area contributed by atoms with Gasteiger partial charge in [0.2, 0.25) is 5.91 Å². The summed E-state index contributed by atoms with van der Waals surface area (Å²) >= 11 is 7.29. The molecule has 0 spiro atoms. The second kappa shape index (κ2) is 7.98. The number of hydrogen-bond donors (Lipinski definition) is 1. The van der Waals surface area contributed by atoms with Crippen molar-refractivity contribution in [1.29, 1.82) is 0 Å². The van der Waals surface area contributed by atoms with Gasteiger partial charge in [0, 0.05) is 22.1 Å². The maximum absolute atomic E-state index is 12.3. The molecule has 1 N–H and O–H groups in total. The first-order valence-corrected chi connectivity index (χ1v) is 8.71. The van der Waals surface area contributed by atoms with Crippen molar-refractivity contribution < 1.29 is 9.72 Å². The van der Waals surface area contributed by atoms with Crippen LogP contribution in [0.25, 0.3) is 5.69 Å². The van der Waals surface area contributed by atoms with Crippen LogP contribution in [0.5, 0.6) is 0 Å². The summed E-state index contributed by atoms with van der Waals surface area (Å²) in [5.41, 5.74) is 1.16. The molecule has 0 saturated carbocycles. The van der Waals surface area contributed by atoms with Gasteiger partial charge in [-0.15, -0.1) is 11.8 Å². The number of carbonyl (C=O) groups excluding carboxylic acids is 1. The second-order valence-corrected chi connectivity index (χ2v) is 6.57. The second-order valence-electron chi connectivity index (χ2n) is 5.09. The van der Waals surface area contributed by atoms with Gasteiger partial charge >= 0.3 is 0 Å². The molecule has 0 atom stereocenters. The molecule has 0 aliphatic rings. The van der Waals surface area contributed by atoms with Crippen LogP contribution in [0.4, 0.5) is 11.4 Å². The standard InChI is InChI=1S/C16H12ClN5O3S/c17-11-1-6-15(21-10-18-9-19-21)14(7-11)20-16(23)8-26-13-4-2-12(3-5-13)22(24)25/h1-7,9-10H,8H2,(H,20,23). The van der Waals surface area contributed by atoms with Crippen LogP contribution in [0.1, 0.15) is 0 Å². The lowest BCUT2D eigenvalue weighted by Crippen LogP contribution is -2.16. The summed E-state index contributed by atoms with van der Waals surface area (Å²) < 4.78 is 1.52. The van der Waals surface area contributed by atoms with Crippen LogP contribution in [-0.4, -0.2) is 31.3 Å². The smallest absolute Gasteiger partial charge is 0.269 e. The van der Waals surface area contributed by atoms with Gasteiger partial charge in [0.25, 0.3) is 5.69 Å². The van der Waals surface area contributed by atoms with Gasteiger partial charge in [0.05, 0.1) is 22.1 Å². The number of halogens is 1. The molecule has 0 radical (unpaired) electrons. The molecule has 0 aliphatic carbocycles. The molecule has 10 heteroatoms. The number of nitro benzene ring substituents is 1. The Morgan fingerprint density at radius 2 is 2.04 bits per heavy atom. The van der Waals surface area contributed by atoms with E-state index in [9.17, 15) is 14.9 Å². The minimum absolute atomic E-state index is 0.00945. The zero-order chi connectivity index (χ0) is 18.5. The van der Waals surface area contributed by atoms with Gasteiger partial charge in [-0.2, -0.15) is 5.10 Å². The molecule has 1 amide bonds. The Morgan fingerprint density at radius 3 is 2.69 bits per heavy atom. The van der Waals surface area contributed by atoms with Crippen molar-refractivity contribution in [2.75, 3.05) is 11.1 Å². The molecule has 0 aliphatic heterocycles. The van der Waals surface area contributed by atoms with Crippen molar-refractivity contribution in [2.24, 2.45) is 0 Å². The Hall–Kier alpha value is -2.91. The number of rotatable bonds is 6. The van der Waals surface area contributed by atoms with Crippen molar-refractivity contribution in [3.8, 4) is 5.69 Å². The van der Waals surface area contributed by atoms with E-state index in [1.54, 1.807) is 30.3 Å². The average molecular weight is 390 g/mol. The van der Waals surface area contributed by atoms with Crippen LogP contribution in [0.15, 0.2) is 60.0 Å². The Morgan fingerprint density at radius 1 is 1.27 bits per heavy atom. The fourth-order valence-corrected chi connectivity index (χ4v) is 3.01. The van der Waals surface area contributed by atoms with Gasteiger partial charge in [0.15, 0.2) is 0 Å². The lowest BCUT2D eigenvalue weighted by atomic mass is 10.2. The predicted octanol–water partition coefficient (Wildman–Crippen LogP) is 3.56. The zero-order valence-electron chi connectivity index (χ0n) is 13.2. The van der Waals surface area contributed by atoms with Crippen LogP contribution in [-0.2, 0) is 4.79 Å². The molecule has 3 rings (SSSR count). The van der Waals surface area contributed by atoms with E-state index < -0.39 is 4.92 Å². The van der Waals surface area contributed by atoms with Crippen LogP contribution >= 0.6 is 23.4 Å². The van der Waals surface area contributed by atoms with E-state index >= 15 is 0 Å². The van der Waals surface area contributed by atoms with E-state index in [0.29, 0.717) is 16.4 Å². The third-order valence-electron chi connectivity index (χ3n) is 3.32. The monoisotopic (exact) mass is 389 g/mol. The lowest BCUT2D eigenvalue weighted by Gasteiger charge is -2.11. The molecule has 26 heavy (non-hydrogen) atoms. The number of amides is 1. The summed E-state index contributed by atoms with van der Waals surface area (Å²) in [5, 5.41) is 18.0. The van der Waals surface area contributed by atoms with Crippen LogP contribution < -0.4 is 5.32 Å². The predicted molar refractivity (Wildman–Crippen MR) is 98.8 cm³/mol. The highest BCUT2D eigenvalue weighted by Gasteiger charge is 2.11. The molecule has 1 aromatic heterocycles. The molecular weight excluding hydrogens is 378 g/mol. The van der Waals surface area contributed by atoms with Gasteiger partial charge in [-0.3, -0.25) is 14.9 Å². The summed E-state index contributed by atoms with van der Waals surface area (Å²) in [5.74, 6) is -0.0989. The first-order valence-electron chi connectivity index (χ1n) is 7.34. The number of anilines is 1. The molecule has 3 aromatic rings.